The van der Waals surface area contributed by atoms with Crippen molar-refractivity contribution >= 4 is 18.0 Å². The molecule has 2 nitrogen and oxygen atoms in total. The molecular weight excluding hydrogens is 240 g/mol. The van der Waals surface area contributed by atoms with Crippen molar-refractivity contribution in [2.24, 2.45) is 0 Å². The molecule has 2 aromatic rings. The molecule has 1 aromatic carbocycles. The van der Waals surface area contributed by atoms with Crippen LogP contribution >= 0.6 is 0 Å². The van der Waals surface area contributed by atoms with Gasteiger partial charge in [-0.05, 0) is 12.1 Å². The summed E-state index contributed by atoms with van der Waals surface area (Å²) in [5.41, 5.74) is 0.736. The summed E-state index contributed by atoms with van der Waals surface area (Å²) in [5.74, 6) is 0.650. The fraction of sp³-hybridized carbons (Fsp3) is 0.250. The van der Waals surface area contributed by atoms with Crippen molar-refractivity contribution in [2.45, 2.75) is 19.9 Å². The minimum Gasteiger partial charge on any atom is -0.445 e. The summed E-state index contributed by atoms with van der Waals surface area (Å²) < 4.78 is 39.4. The number of benzene rings is 1. The molecule has 0 radical (unpaired) electrons. The molecule has 18 heavy (non-hydrogen) atoms. The normalized spacial score (nSPS) is 12.0. The second-order valence-corrected chi connectivity index (χ2v) is 4.19. The maximum absolute atomic E-state index is 12.6. The Morgan fingerprint density at radius 1 is 1.33 bits per heavy atom. The molecule has 1 aromatic heterocycles. The van der Waals surface area contributed by atoms with E-state index in [1.165, 1.54) is 0 Å². The van der Waals surface area contributed by atoms with E-state index < -0.39 is 12.4 Å². The van der Waals surface area contributed by atoms with E-state index in [9.17, 15) is 12.9 Å². The fourth-order valence-electron chi connectivity index (χ4n) is 1.88. The summed E-state index contributed by atoms with van der Waals surface area (Å²) in [6.07, 6.45) is 0.590. The number of nitrogens with zero attached hydrogens (tertiary/aromatic N) is 2. The molecule has 0 N–H and O–H groups in total. The van der Waals surface area contributed by atoms with Crippen LogP contribution < -0.4 is 0 Å². The van der Waals surface area contributed by atoms with Crippen LogP contribution in [0.5, 0.6) is 0 Å². The molecule has 0 aliphatic heterocycles. The molecule has 1 heterocycles. The van der Waals surface area contributed by atoms with Gasteiger partial charge in [0, 0.05) is 13.0 Å². The molecule has 0 saturated heterocycles. The van der Waals surface area contributed by atoms with Crippen LogP contribution in [-0.4, -0.2) is 16.5 Å². The maximum atomic E-state index is 12.6. The Labute approximate surface area is 103 Å². The van der Waals surface area contributed by atoms with Crippen LogP contribution in [0.1, 0.15) is 12.7 Å². The van der Waals surface area contributed by atoms with Gasteiger partial charge in [0.2, 0.25) is 0 Å². The van der Waals surface area contributed by atoms with Crippen LogP contribution in [0.3, 0.4) is 0 Å². The molecule has 0 saturated carbocycles. The van der Waals surface area contributed by atoms with Gasteiger partial charge in [-0.25, -0.2) is 4.98 Å². The van der Waals surface area contributed by atoms with Gasteiger partial charge in [-0.1, -0.05) is 19.1 Å². The van der Waals surface area contributed by atoms with Gasteiger partial charge in [0.1, 0.15) is 5.82 Å². The van der Waals surface area contributed by atoms with Crippen LogP contribution in [0, 0.1) is 0 Å². The third-order valence-corrected chi connectivity index (χ3v) is 2.87. The van der Waals surface area contributed by atoms with E-state index in [1.54, 1.807) is 22.8 Å². The minimum absolute atomic E-state index is 0.243. The predicted molar refractivity (Wildman–Crippen MR) is 67.3 cm³/mol. The number of rotatable bonds is 4. The van der Waals surface area contributed by atoms with Crippen molar-refractivity contribution in [2.75, 3.05) is 0 Å². The van der Waals surface area contributed by atoms with Crippen LogP contribution in [0.25, 0.3) is 11.0 Å². The Kier molecular flexibility index (Phi) is 3.19. The molecule has 0 bridgehead atoms. The Morgan fingerprint density at radius 3 is 2.61 bits per heavy atom. The van der Waals surface area contributed by atoms with Crippen molar-refractivity contribution < 1.29 is 12.9 Å². The van der Waals surface area contributed by atoms with E-state index in [4.69, 9.17) is 0 Å². The highest BCUT2D eigenvalue weighted by Crippen LogP contribution is 2.23. The molecule has 6 heteroatoms. The molecule has 0 aliphatic carbocycles. The smallest absolute Gasteiger partial charge is 0.445 e. The lowest BCUT2D eigenvalue weighted by Crippen LogP contribution is -2.23. The molecule has 2 rings (SSSR count). The Hall–Kier alpha value is -1.72. The number of para-hydroxylation sites is 2. The van der Waals surface area contributed by atoms with E-state index in [0.29, 0.717) is 12.2 Å². The minimum atomic E-state index is -5.00. The highest BCUT2D eigenvalue weighted by Gasteiger charge is 2.27. The summed E-state index contributed by atoms with van der Waals surface area (Å²) in [6.45, 7) is -0.234. The Bertz CT molecular complexity index is 587. The largest absolute Gasteiger partial charge is 0.506 e. The molecular formula is C12H13BF3N2-. The summed E-state index contributed by atoms with van der Waals surface area (Å²) >= 11 is 0. The first-order chi connectivity index (χ1) is 8.43. The quantitative estimate of drug-likeness (QED) is 0.762. The lowest BCUT2D eigenvalue weighted by atomic mass is 9.80. The van der Waals surface area contributed by atoms with Crippen LogP contribution in [0.4, 0.5) is 12.9 Å². The average molecular weight is 253 g/mol. The molecule has 0 atom stereocenters. The highest BCUT2D eigenvalue weighted by molar-refractivity contribution is 6.66. The zero-order valence-electron chi connectivity index (χ0n) is 10.0. The van der Waals surface area contributed by atoms with Gasteiger partial charge in [-0.15, -0.1) is 12.1 Å². The van der Waals surface area contributed by atoms with Gasteiger partial charge in [-0.2, -0.15) is 0 Å². The van der Waals surface area contributed by atoms with Gasteiger partial charge in [0.15, 0.2) is 0 Å². The molecule has 0 unspecified atom stereocenters. The third kappa shape index (κ3) is 2.28. The Balaban J connectivity index is 2.46. The number of hydrogen-bond acceptors (Lipinski definition) is 1. The second-order valence-electron chi connectivity index (χ2n) is 4.19. The maximum Gasteiger partial charge on any atom is 0.506 e. The van der Waals surface area contributed by atoms with Crippen molar-refractivity contribution in [3.63, 3.8) is 0 Å². The van der Waals surface area contributed by atoms with Gasteiger partial charge >= 0.3 is 6.98 Å². The zero-order chi connectivity index (χ0) is 13.3. The van der Waals surface area contributed by atoms with Gasteiger partial charge in [0.25, 0.3) is 0 Å². The van der Waals surface area contributed by atoms with Crippen molar-refractivity contribution in [3.05, 3.63) is 42.1 Å². The van der Waals surface area contributed by atoms with Crippen molar-refractivity contribution in [3.8, 4) is 0 Å². The van der Waals surface area contributed by atoms with E-state index in [0.717, 1.165) is 11.0 Å². The molecule has 0 spiro atoms. The molecule has 0 fully saturated rings. The van der Waals surface area contributed by atoms with Gasteiger partial charge in [-0.3, -0.25) is 0 Å². The van der Waals surface area contributed by atoms with E-state index in [1.807, 2.05) is 13.0 Å². The number of halogens is 3. The SMILES string of the molecule is C=C(Cn1c(CC)nc2ccccc21)[B-](F)(F)F. The van der Waals surface area contributed by atoms with Gasteiger partial charge < -0.3 is 17.5 Å². The Morgan fingerprint density at radius 2 is 2.00 bits per heavy atom. The molecule has 96 valence electrons. The first-order valence-electron chi connectivity index (χ1n) is 5.75. The first-order valence-corrected chi connectivity index (χ1v) is 5.75. The lowest BCUT2D eigenvalue weighted by Gasteiger charge is -2.19. The summed E-state index contributed by atoms with van der Waals surface area (Å²) in [5, 5.41) is 0. The summed E-state index contributed by atoms with van der Waals surface area (Å²) in [6, 6.07) is 7.19. The van der Waals surface area contributed by atoms with Crippen molar-refractivity contribution in [1.29, 1.82) is 0 Å². The first kappa shape index (κ1) is 12.7. The number of aryl methyl sites for hydroxylation is 1. The monoisotopic (exact) mass is 253 g/mol. The number of fused-ring (bicyclic) bond motifs is 1. The van der Waals surface area contributed by atoms with E-state index in [-0.39, 0.29) is 6.54 Å². The number of imidazole rings is 1. The third-order valence-electron chi connectivity index (χ3n) is 2.87. The van der Waals surface area contributed by atoms with Gasteiger partial charge in [0.05, 0.1) is 11.0 Å². The lowest BCUT2D eigenvalue weighted by molar-refractivity contribution is 0.482. The van der Waals surface area contributed by atoms with Crippen molar-refractivity contribution in [1.82, 2.24) is 9.55 Å². The average Bonchev–Trinajstić information content (AvgIpc) is 2.66. The fourth-order valence-corrected chi connectivity index (χ4v) is 1.88. The van der Waals surface area contributed by atoms with Crippen LogP contribution in [0.2, 0.25) is 0 Å². The molecule has 0 amide bonds. The second kappa shape index (κ2) is 4.51. The topological polar surface area (TPSA) is 17.8 Å². The standard InChI is InChI=1S/C12H13BF3N2/c1-3-12-17-10-6-4-5-7-11(10)18(12)8-9(2)13(14,15)16/h4-7H,2-3,8H2,1H3/q-1. The zero-order valence-corrected chi connectivity index (χ0v) is 10.0. The number of allylic oxidation sites excluding steroid dienone is 1. The molecule has 0 aliphatic rings. The predicted octanol–water partition coefficient (Wildman–Crippen LogP) is 3.54. The van der Waals surface area contributed by atoms with Crippen LogP contribution in [0.15, 0.2) is 36.3 Å². The summed E-state index contributed by atoms with van der Waals surface area (Å²) in [7, 11) is 0. The summed E-state index contributed by atoms with van der Waals surface area (Å²) in [4.78, 5) is 4.33. The van der Waals surface area contributed by atoms with Crippen LogP contribution in [-0.2, 0) is 13.0 Å². The van der Waals surface area contributed by atoms with E-state index >= 15 is 0 Å². The van der Waals surface area contributed by atoms with E-state index in [2.05, 4.69) is 11.6 Å². The highest BCUT2D eigenvalue weighted by atomic mass is 19.4. The number of aromatic nitrogens is 2. The number of hydrogen-bond donors (Lipinski definition) is 0.